The average Bonchev–Trinajstić information content (AvgIpc) is 3.28. The van der Waals surface area contributed by atoms with Crippen LogP contribution in [0.15, 0.2) is 66.9 Å². The fourth-order valence-corrected chi connectivity index (χ4v) is 5.20. The highest BCUT2D eigenvalue weighted by Crippen LogP contribution is 2.44. The molecular weight excluding hydrogens is 487 g/mol. The summed E-state index contributed by atoms with van der Waals surface area (Å²) in [4.78, 5) is 26.9. The van der Waals surface area contributed by atoms with Gasteiger partial charge in [0.1, 0.15) is 11.6 Å². The van der Waals surface area contributed by atoms with Gasteiger partial charge in [0.05, 0.1) is 5.52 Å². The van der Waals surface area contributed by atoms with Gasteiger partial charge in [0.15, 0.2) is 0 Å². The molecule has 4 rings (SSSR count). The standard InChI is InChI=1S/C31H32ClFN2O2/c1-4-5-25(21-6-8-23(9-7-21)31(37)34-15-14-20(3)36)29(22-10-12-24(32)13-11-22)27-18-35-30-26(27)16-19(2)17-28(30)33/h6-13,16-18,25,29,35H,4-5,14-15H2,1-3H3,(H,34,37). The fourth-order valence-electron chi connectivity index (χ4n) is 5.07. The molecule has 0 radical (unpaired) electrons. The summed E-state index contributed by atoms with van der Waals surface area (Å²) in [6.07, 6.45) is 4.10. The van der Waals surface area contributed by atoms with Gasteiger partial charge in [0.2, 0.25) is 0 Å². The highest BCUT2D eigenvalue weighted by atomic mass is 35.5. The number of H-pyrrole nitrogens is 1. The SMILES string of the molecule is CCCC(c1ccc(C(=O)NCCC(C)=O)cc1)C(c1ccc(Cl)cc1)c1c[nH]c2c(F)cc(C)cc12. The van der Waals surface area contributed by atoms with Crippen molar-refractivity contribution in [1.82, 2.24) is 10.3 Å². The van der Waals surface area contributed by atoms with Crippen molar-refractivity contribution in [1.29, 1.82) is 0 Å². The molecule has 0 bridgehead atoms. The third-order valence-corrected chi connectivity index (χ3v) is 7.10. The van der Waals surface area contributed by atoms with Crippen molar-refractivity contribution < 1.29 is 14.0 Å². The third kappa shape index (κ3) is 6.11. The average molecular weight is 519 g/mol. The zero-order chi connectivity index (χ0) is 26.5. The molecule has 1 aromatic heterocycles. The predicted octanol–water partition coefficient (Wildman–Crippen LogP) is 7.69. The fraction of sp³-hybridized carbons (Fsp3) is 0.290. The first kappa shape index (κ1) is 26.6. The van der Waals surface area contributed by atoms with Crippen molar-refractivity contribution in [2.75, 3.05) is 6.54 Å². The van der Waals surface area contributed by atoms with Crippen LogP contribution in [0, 0.1) is 12.7 Å². The number of ketones is 1. The van der Waals surface area contributed by atoms with Crippen LogP contribution in [0.4, 0.5) is 4.39 Å². The molecule has 2 atom stereocenters. The smallest absolute Gasteiger partial charge is 0.251 e. The van der Waals surface area contributed by atoms with Gasteiger partial charge in [0, 0.05) is 41.1 Å². The minimum Gasteiger partial charge on any atom is -0.358 e. The number of hydrogen-bond acceptors (Lipinski definition) is 2. The second-order valence-electron chi connectivity index (χ2n) is 9.67. The quantitative estimate of drug-likeness (QED) is 0.226. The number of carbonyl (C=O) groups excluding carboxylic acids is 2. The zero-order valence-electron chi connectivity index (χ0n) is 21.4. The van der Waals surface area contributed by atoms with Crippen molar-refractivity contribution in [3.05, 3.63) is 106 Å². The Balaban J connectivity index is 1.76. The van der Waals surface area contributed by atoms with E-state index in [-0.39, 0.29) is 29.3 Å². The molecule has 0 saturated heterocycles. The molecule has 0 fully saturated rings. The van der Waals surface area contributed by atoms with Crippen molar-refractivity contribution in [3.8, 4) is 0 Å². The maximum absolute atomic E-state index is 14.8. The Bertz CT molecular complexity index is 1390. The first-order valence-corrected chi connectivity index (χ1v) is 13.1. The maximum Gasteiger partial charge on any atom is 0.251 e. The molecule has 4 nitrogen and oxygen atoms in total. The summed E-state index contributed by atoms with van der Waals surface area (Å²) < 4.78 is 14.8. The Morgan fingerprint density at radius 3 is 2.35 bits per heavy atom. The molecule has 0 aliphatic heterocycles. The number of aromatic amines is 1. The van der Waals surface area contributed by atoms with Gasteiger partial charge in [-0.1, -0.05) is 49.2 Å². The normalized spacial score (nSPS) is 12.9. The van der Waals surface area contributed by atoms with E-state index in [0.717, 1.165) is 40.5 Å². The Hall–Kier alpha value is -3.44. The summed E-state index contributed by atoms with van der Waals surface area (Å²) in [5.74, 6) is -0.385. The molecule has 0 saturated carbocycles. The number of amides is 1. The number of carbonyl (C=O) groups is 2. The van der Waals surface area contributed by atoms with Crippen molar-refractivity contribution in [3.63, 3.8) is 0 Å². The summed E-state index contributed by atoms with van der Waals surface area (Å²) in [6, 6.07) is 19.1. The van der Waals surface area contributed by atoms with E-state index in [4.69, 9.17) is 11.6 Å². The molecule has 0 aliphatic rings. The molecule has 2 unspecified atom stereocenters. The Morgan fingerprint density at radius 1 is 1.03 bits per heavy atom. The van der Waals surface area contributed by atoms with Gasteiger partial charge < -0.3 is 10.3 Å². The number of fused-ring (bicyclic) bond motifs is 1. The minimum atomic E-state index is -0.261. The van der Waals surface area contributed by atoms with Gasteiger partial charge in [-0.3, -0.25) is 9.59 Å². The van der Waals surface area contributed by atoms with Crippen LogP contribution in [0.25, 0.3) is 10.9 Å². The van der Waals surface area contributed by atoms with Crippen LogP contribution >= 0.6 is 11.6 Å². The summed E-state index contributed by atoms with van der Waals surface area (Å²) in [5, 5.41) is 4.34. The Labute approximate surface area is 222 Å². The Morgan fingerprint density at radius 2 is 1.70 bits per heavy atom. The Kier molecular flexibility index (Phi) is 8.45. The predicted molar refractivity (Wildman–Crippen MR) is 148 cm³/mol. The molecule has 3 aromatic carbocycles. The molecule has 37 heavy (non-hydrogen) atoms. The molecule has 0 spiro atoms. The molecule has 1 heterocycles. The van der Waals surface area contributed by atoms with Crippen LogP contribution in [0.5, 0.6) is 0 Å². The van der Waals surface area contributed by atoms with E-state index < -0.39 is 0 Å². The van der Waals surface area contributed by atoms with Crippen LogP contribution in [0.1, 0.15) is 77.6 Å². The zero-order valence-corrected chi connectivity index (χ0v) is 22.2. The van der Waals surface area contributed by atoms with Gasteiger partial charge in [-0.05, 0) is 84.8 Å². The van der Waals surface area contributed by atoms with Gasteiger partial charge >= 0.3 is 0 Å². The minimum absolute atomic E-state index is 0.0404. The largest absolute Gasteiger partial charge is 0.358 e. The topological polar surface area (TPSA) is 62.0 Å². The second kappa shape index (κ2) is 11.7. The number of rotatable bonds is 10. The number of halogens is 2. The molecule has 2 N–H and O–H groups in total. The summed E-state index contributed by atoms with van der Waals surface area (Å²) >= 11 is 6.22. The highest BCUT2D eigenvalue weighted by Gasteiger charge is 2.29. The number of benzene rings is 3. The van der Waals surface area contributed by atoms with E-state index in [1.165, 1.54) is 6.92 Å². The maximum atomic E-state index is 14.8. The van der Waals surface area contributed by atoms with Crippen LogP contribution in [0.3, 0.4) is 0 Å². The van der Waals surface area contributed by atoms with Gasteiger partial charge in [-0.2, -0.15) is 0 Å². The van der Waals surface area contributed by atoms with E-state index in [0.29, 0.717) is 29.1 Å². The second-order valence-corrected chi connectivity index (χ2v) is 10.1. The summed E-state index contributed by atoms with van der Waals surface area (Å²) in [5.41, 5.74) is 5.15. The van der Waals surface area contributed by atoms with E-state index in [1.807, 2.05) is 67.7 Å². The lowest BCUT2D eigenvalue weighted by Crippen LogP contribution is -2.25. The van der Waals surface area contributed by atoms with E-state index in [2.05, 4.69) is 17.2 Å². The number of Topliss-reactive ketones (excluding diaryl/α,β-unsaturated/α-hetero) is 1. The van der Waals surface area contributed by atoms with Crippen LogP contribution in [-0.2, 0) is 4.79 Å². The lowest BCUT2D eigenvalue weighted by molar-refractivity contribution is -0.116. The van der Waals surface area contributed by atoms with Crippen molar-refractivity contribution in [2.45, 2.75) is 51.9 Å². The molecule has 0 aliphatic carbocycles. The number of hydrogen-bond donors (Lipinski definition) is 2. The first-order valence-electron chi connectivity index (χ1n) is 12.7. The lowest BCUT2D eigenvalue weighted by Gasteiger charge is -2.28. The number of aryl methyl sites for hydroxylation is 1. The van der Waals surface area contributed by atoms with Crippen LogP contribution in [0.2, 0.25) is 5.02 Å². The summed E-state index contributed by atoms with van der Waals surface area (Å²) in [7, 11) is 0. The highest BCUT2D eigenvalue weighted by molar-refractivity contribution is 6.30. The monoisotopic (exact) mass is 518 g/mol. The number of nitrogens with one attached hydrogen (secondary N) is 2. The van der Waals surface area contributed by atoms with Crippen LogP contribution < -0.4 is 5.32 Å². The molecule has 1 amide bonds. The van der Waals surface area contributed by atoms with Gasteiger partial charge in [0.25, 0.3) is 5.91 Å². The van der Waals surface area contributed by atoms with E-state index in [9.17, 15) is 14.0 Å². The molecular formula is C31H32ClFN2O2. The first-order chi connectivity index (χ1) is 17.8. The lowest BCUT2D eigenvalue weighted by atomic mass is 9.75. The molecule has 192 valence electrons. The third-order valence-electron chi connectivity index (χ3n) is 6.85. The summed E-state index contributed by atoms with van der Waals surface area (Å²) in [6.45, 7) is 5.89. The van der Waals surface area contributed by atoms with Crippen LogP contribution in [-0.4, -0.2) is 23.2 Å². The molecule has 6 heteroatoms. The van der Waals surface area contributed by atoms with Crippen molar-refractivity contribution >= 4 is 34.2 Å². The number of aromatic nitrogens is 1. The van der Waals surface area contributed by atoms with E-state index >= 15 is 0 Å². The van der Waals surface area contributed by atoms with Crippen molar-refractivity contribution in [2.24, 2.45) is 0 Å². The van der Waals surface area contributed by atoms with E-state index in [1.54, 1.807) is 6.07 Å². The molecule has 4 aromatic rings. The van der Waals surface area contributed by atoms with Gasteiger partial charge in [-0.25, -0.2) is 4.39 Å². The van der Waals surface area contributed by atoms with Gasteiger partial charge in [-0.15, -0.1) is 0 Å².